The Bertz CT molecular complexity index is 1910. The number of aromatic hydroxyl groups is 1. The first-order valence-electron chi connectivity index (χ1n) is 15.5. The molecule has 9 heteroatoms. The summed E-state index contributed by atoms with van der Waals surface area (Å²) in [4.78, 5) is 46.6. The molecule has 9 nitrogen and oxygen atoms in total. The van der Waals surface area contributed by atoms with Crippen LogP contribution in [0.4, 0.5) is 4.79 Å². The van der Waals surface area contributed by atoms with Crippen LogP contribution in [-0.4, -0.2) is 51.7 Å². The van der Waals surface area contributed by atoms with Crippen molar-refractivity contribution in [3.63, 3.8) is 0 Å². The first kappa shape index (κ1) is 31.4. The number of methoxy groups -OCH3 is 1. The second-order valence-electron chi connectivity index (χ2n) is 12.6. The van der Waals surface area contributed by atoms with Gasteiger partial charge in [0.05, 0.1) is 7.11 Å². The third-order valence-electron chi connectivity index (χ3n) is 8.32. The van der Waals surface area contributed by atoms with Gasteiger partial charge in [0.2, 0.25) is 5.91 Å². The van der Waals surface area contributed by atoms with E-state index in [2.05, 4.69) is 10.3 Å². The zero-order chi connectivity index (χ0) is 33.3. The minimum Gasteiger partial charge on any atom is -0.508 e. The number of para-hydroxylation sites is 1. The van der Waals surface area contributed by atoms with E-state index in [1.165, 1.54) is 24.1 Å². The van der Waals surface area contributed by atoms with Gasteiger partial charge in [0, 0.05) is 23.0 Å². The molecule has 6 rings (SSSR count). The summed E-state index contributed by atoms with van der Waals surface area (Å²) in [5.74, 6) is -1.23. The van der Waals surface area contributed by atoms with Gasteiger partial charge in [0.1, 0.15) is 23.4 Å². The number of amides is 2. The molecule has 0 radical (unpaired) electrons. The van der Waals surface area contributed by atoms with Gasteiger partial charge in [-0.2, -0.15) is 0 Å². The Morgan fingerprint density at radius 3 is 2.17 bits per heavy atom. The third kappa shape index (κ3) is 6.42. The lowest BCUT2D eigenvalue weighted by molar-refractivity contribution is -0.146. The molecule has 240 valence electrons. The van der Waals surface area contributed by atoms with E-state index < -0.39 is 41.7 Å². The lowest BCUT2D eigenvalue weighted by atomic mass is 9.87. The van der Waals surface area contributed by atoms with Crippen LogP contribution in [0.25, 0.3) is 22.0 Å². The fourth-order valence-corrected chi connectivity index (χ4v) is 6.17. The lowest BCUT2D eigenvalue weighted by Crippen LogP contribution is -2.56. The average molecular weight is 632 g/mol. The Morgan fingerprint density at radius 2 is 1.51 bits per heavy atom. The number of aromatic nitrogens is 1. The molecule has 0 aliphatic carbocycles. The zero-order valence-electron chi connectivity index (χ0n) is 26.7. The number of hydrogen-bond acceptors (Lipinski definition) is 6. The number of hydrogen-bond donors (Lipinski definition) is 3. The fraction of sp³-hybridized carbons (Fsp3) is 0.237. The molecular weight excluding hydrogens is 594 g/mol. The van der Waals surface area contributed by atoms with Gasteiger partial charge in [0.25, 0.3) is 0 Å². The molecule has 3 atom stereocenters. The van der Waals surface area contributed by atoms with Crippen molar-refractivity contribution in [3.05, 3.63) is 126 Å². The highest BCUT2D eigenvalue weighted by molar-refractivity contribution is 5.93. The van der Waals surface area contributed by atoms with Crippen molar-refractivity contribution in [1.82, 2.24) is 15.2 Å². The molecular formula is C38H37N3O6. The average Bonchev–Trinajstić information content (AvgIpc) is 3.44. The van der Waals surface area contributed by atoms with Crippen molar-refractivity contribution >= 4 is 28.9 Å². The standard InChI is InChI=1S/C38H37N3O6/c1-38(2,3)47-37(45)41-31(35(43)40-32(36(44)46-4)25-18-20-27(42)21-19-25)22-29-28-12-8-9-13-30(28)39-33(29)34(41)26-16-14-24(15-17-26)23-10-6-5-7-11-23/h5-21,31-32,34,39,42H,22H2,1-4H3,(H,40,43)/t31?,32-,34+/m1/s1. The van der Waals surface area contributed by atoms with E-state index >= 15 is 0 Å². The summed E-state index contributed by atoms with van der Waals surface area (Å²) in [5.41, 5.74) is 4.99. The number of carbonyl (C=O) groups excluding carboxylic acids is 3. The smallest absolute Gasteiger partial charge is 0.411 e. The van der Waals surface area contributed by atoms with Gasteiger partial charge in [-0.25, -0.2) is 9.59 Å². The highest BCUT2D eigenvalue weighted by Gasteiger charge is 2.46. The highest BCUT2D eigenvalue weighted by atomic mass is 16.6. The van der Waals surface area contributed by atoms with Crippen LogP contribution in [-0.2, 0) is 25.5 Å². The summed E-state index contributed by atoms with van der Waals surface area (Å²) >= 11 is 0. The Labute approximate surface area is 273 Å². The van der Waals surface area contributed by atoms with E-state index in [1.54, 1.807) is 32.9 Å². The van der Waals surface area contributed by atoms with Crippen LogP contribution in [0.5, 0.6) is 5.75 Å². The number of esters is 1. The largest absolute Gasteiger partial charge is 0.508 e. The second kappa shape index (κ2) is 12.7. The zero-order valence-corrected chi connectivity index (χ0v) is 26.7. The molecule has 47 heavy (non-hydrogen) atoms. The molecule has 1 aromatic heterocycles. The van der Waals surface area contributed by atoms with Crippen molar-refractivity contribution < 1.29 is 29.0 Å². The van der Waals surface area contributed by atoms with Gasteiger partial charge < -0.3 is 24.9 Å². The van der Waals surface area contributed by atoms with Crippen LogP contribution in [0, 0.1) is 0 Å². The maximum absolute atomic E-state index is 14.4. The van der Waals surface area contributed by atoms with Gasteiger partial charge >= 0.3 is 12.1 Å². The number of fused-ring (bicyclic) bond motifs is 3. The third-order valence-corrected chi connectivity index (χ3v) is 8.32. The number of nitrogens with one attached hydrogen (secondary N) is 2. The Hall–Kier alpha value is -5.57. The van der Waals surface area contributed by atoms with Crippen molar-refractivity contribution in [2.45, 2.75) is 50.9 Å². The van der Waals surface area contributed by atoms with Crippen molar-refractivity contribution in [1.29, 1.82) is 0 Å². The van der Waals surface area contributed by atoms with Crippen LogP contribution in [0.1, 0.15) is 55.2 Å². The minimum absolute atomic E-state index is 0.0139. The Balaban J connectivity index is 1.48. The maximum Gasteiger partial charge on any atom is 0.411 e. The number of ether oxygens (including phenoxy) is 2. The molecule has 4 aromatic carbocycles. The fourth-order valence-electron chi connectivity index (χ4n) is 6.17. The van der Waals surface area contributed by atoms with Crippen molar-refractivity contribution in [2.75, 3.05) is 7.11 Å². The molecule has 1 unspecified atom stereocenters. The molecule has 0 saturated carbocycles. The monoisotopic (exact) mass is 631 g/mol. The number of nitrogens with zero attached hydrogens (tertiary/aromatic N) is 1. The summed E-state index contributed by atoms with van der Waals surface area (Å²) in [6.45, 7) is 5.33. The number of H-pyrrole nitrogens is 1. The molecule has 3 N–H and O–H groups in total. The van der Waals surface area contributed by atoms with E-state index in [9.17, 15) is 19.5 Å². The maximum atomic E-state index is 14.4. The predicted octanol–water partition coefficient (Wildman–Crippen LogP) is 6.82. The highest BCUT2D eigenvalue weighted by Crippen LogP contribution is 2.42. The van der Waals surface area contributed by atoms with Crippen LogP contribution >= 0.6 is 0 Å². The second-order valence-corrected chi connectivity index (χ2v) is 12.6. The van der Waals surface area contributed by atoms with Crippen molar-refractivity contribution in [3.8, 4) is 16.9 Å². The van der Waals surface area contributed by atoms with Crippen LogP contribution < -0.4 is 5.32 Å². The van der Waals surface area contributed by atoms with E-state index in [4.69, 9.17) is 9.47 Å². The minimum atomic E-state index is -1.18. The topological polar surface area (TPSA) is 121 Å². The van der Waals surface area contributed by atoms with E-state index in [1.807, 2.05) is 78.9 Å². The van der Waals surface area contributed by atoms with Crippen molar-refractivity contribution in [2.24, 2.45) is 0 Å². The number of phenolic OH excluding ortho intramolecular Hbond substituents is 1. The van der Waals surface area contributed by atoms with Gasteiger partial charge in [0.15, 0.2) is 6.04 Å². The van der Waals surface area contributed by atoms with Gasteiger partial charge in [-0.05, 0) is 66.8 Å². The molecule has 0 bridgehead atoms. The Morgan fingerprint density at radius 1 is 0.872 bits per heavy atom. The quantitative estimate of drug-likeness (QED) is 0.177. The number of phenols is 1. The molecule has 1 aliphatic heterocycles. The van der Waals surface area contributed by atoms with E-state index in [0.717, 1.165) is 38.9 Å². The summed E-state index contributed by atoms with van der Waals surface area (Å²) in [5, 5.41) is 13.6. The normalized spacial score (nSPS) is 16.6. The van der Waals surface area contributed by atoms with Crippen LogP contribution in [0.15, 0.2) is 103 Å². The predicted molar refractivity (Wildman–Crippen MR) is 179 cm³/mol. The van der Waals surface area contributed by atoms with Gasteiger partial charge in [-0.1, -0.05) is 84.9 Å². The molecule has 1 aliphatic rings. The number of carbonyl (C=O) groups is 3. The number of benzene rings is 4. The van der Waals surface area contributed by atoms with E-state index in [-0.39, 0.29) is 12.2 Å². The Kier molecular flexibility index (Phi) is 8.47. The number of rotatable bonds is 6. The van der Waals surface area contributed by atoms with E-state index in [0.29, 0.717) is 5.56 Å². The van der Waals surface area contributed by atoms with Gasteiger partial charge in [-0.3, -0.25) is 9.69 Å². The lowest BCUT2D eigenvalue weighted by Gasteiger charge is -2.42. The molecule has 0 fully saturated rings. The molecule has 0 saturated heterocycles. The SMILES string of the molecule is COC(=O)[C@H](NC(=O)C1Cc2c([nH]c3ccccc23)[C@H](c2ccc(-c3ccccc3)cc2)N1C(=O)OC(C)(C)C)c1ccc(O)cc1. The molecule has 0 spiro atoms. The van der Waals surface area contributed by atoms with Crippen LogP contribution in [0.2, 0.25) is 0 Å². The molecule has 2 amide bonds. The van der Waals surface area contributed by atoms with Crippen LogP contribution in [0.3, 0.4) is 0 Å². The summed E-state index contributed by atoms with van der Waals surface area (Å²) in [7, 11) is 1.24. The first-order chi connectivity index (χ1) is 22.5. The molecule has 5 aromatic rings. The van der Waals surface area contributed by atoms with Gasteiger partial charge in [-0.15, -0.1) is 0 Å². The summed E-state index contributed by atoms with van der Waals surface area (Å²) < 4.78 is 11.0. The summed E-state index contributed by atoms with van der Waals surface area (Å²) in [6.07, 6.45) is -0.495. The number of aromatic amines is 1. The first-order valence-corrected chi connectivity index (χ1v) is 15.5. The molecule has 2 heterocycles. The summed E-state index contributed by atoms with van der Waals surface area (Å²) in [6, 6.07) is 28.7.